The van der Waals surface area contributed by atoms with E-state index < -0.39 is 51.1 Å². The van der Waals surface area contributed by atoms with Crippen LogP contribution >= 0.6 is 0 Å². The number of amides is 1. The summed E-state index contributed by atoms with van der Waals surface area (Å²) < 4.78 is 102. The van der Waals surface area contributed by atoms with Gasteiger partial charge in [-0.15, -0.1) is 23.4 Å². The molecule has 1 aromatic heterocycles. The van der Waals surface area contributed by atoms with E-state index in [-0.39, 0.29) is 16.3 Å². The molecular weight excluding hydrogens is 518 g/mol. The first-order valence-corrected chi connectivity index (χ1v) is 11.6. The lowest BCUT2D eigenvalue weighted by Gasteiger charge is -2.14. The molecule has 0 saturated heterocycles. The van der Waals surface area contributed by atoms with E-state index in [9.17, 15) is 35.3 Å². The Morgan fingerprint density at radius 2 is 1.61 bits per heavy atom. The maximum absolute atomic E-state index is 13.2. The molecule has 0 aliphatic heterocycles. The third-order valence-electron chi connectivity index (χ3n) is 4.44. The minimum absolute atomic E-state index is 0.0979. The third-order valence-corrected chi connectivity index (χ3v) is 6.27. The molecule has 192 valence electrons. The number of carbonyl (C=O) groups excluding carboxylic acids is 1. The molecule has 36 heavy (non-hydrogen) atoms. The quantitative estimate of drug-likeness (QED) is 0.418. The maximum atomic E-state index is 13.2. The van der Waals surface area contributed by atoms with Crippen LogP contribution in [-0.4, -0.2) is 40.0 Å². The van der Waals surface area contributed by atoms with Crippen LogP contribution in [0.3, 0.4) is 0 Å². The topological polar surface area (TPSA) is 103 Å². The highest BCUT2D eigenvalue weighted by molar-refractivity contribution is 7.93. The van der Waals surface area contributed by atoms with E-state index >= 15 is 0 Å². The predicted molar refractivity (Wildman–Crippen MR) is 115 cm³/mol. The van der Waals surface area contributed by atoms with Gasteiger partial charge in [0.2, 0.25) is 0 Å². The lowest BCUT2D eigenvalue weighted by Crippen LogP contribution is -2.18. The summed E-state index contributed by atoms with van der Waals surface area (Å²) in [5.74, 6) is -2.46. The highest BCUT2D eigenvalue weighted by atomic mass is 32.2. The van der Waals surface area contributed by atoms with E-state index in [1.165, 1.54) is 37.6 Å². The Morgan fingerprint density at radius 1 is 0.972 bits per heavy atom. The van der Waals surface area contributed by atoms with Gasteiger partial charge in [-0.1, -0.05) is 6.07 Å². The molecule has 0 saturated carbocycles. The van der Waals surface area contributed by atoms with Crippen molar-refractivity contribution in [1.29, 1.82) is 0 Å². The van der Waals surface area contributed by atoms with Crippen LogP contribution < -0.4 is 14.8 Å². The van der Waals surface area contributed by atoms with Crippen molar-refractivity contribution in [1.82, 2.24) is 10.2 Å². The summed E-state index contributed by atoms with van der Waals surface area (Å²) in [5, 5.41) is 8.71. The van der Waals surface area contributed by atoms with Gasteiger partial charge in [0.1, 0.15) is 17.1 Å². The number of alkyl halides is 6. The van der Waals surface area contributed by atoms with Crippen molar-refractivity contribution in [2.45, 2.75) is 17.4 Å². The van der Waals surface area contributed by atoms with Gasteiger partial charge in [-0.25, -0.2) is 8.57 Å². The molecule has 0 radical (unpaired) electrons. The lowest BCUT2D eigenvalue weighted by atomic mass is 10.2. The second-order valence-electron chi connectivity index (χ2n) is 7.03. The number of ether oxygens (including phenoxy) is 2. The SMILES string of the molecule is CN=S(C)(=O)c1cccc(NC(=O)c2cc(C(F)(F)F)nnc2Oc2ccc(OC(F)(F)F)cc2)c1. The Morgan fingerprint density at radius 3 is 2.19 bits per heavy atom. The molecule has 8 nitrogen and oxygen atoms in total. The van der Waals surface area contributed by atoms with E-state index in [2.05, 4.69) is 24.6 Å². The molecule has 15 heteroatoms. The van der Waals surface area contributed by atoms with Crippen molar-refractivity contribution in [2.24, 2.45) is 4.36 Å². The summed E-state index contributed by atoms with van der Waals surface area (Å²) in [6.07, 6.45) is -8.50. The van der Waals surface area contributed by atoms with Crippen molar-refractivity contribution in [3.63, 3.8) is 0 Å². The van der Waals surface area contributed by atoms with Crippen molar-refractivity contribution in [3.8, 4) is 17.4 Å². The molecule has 0 aliphatic carbocycles. The van der Waals surface area contributed by atoms with Gasteiger partial charge in [0, 0.05) is 23.9 Å². The molecular formula is C21H16F6N4O4S. The minimum Gasteiger partial charge on any atom is -0.437 e. The van der Waals surface area contributed by atoms with Gasteiger partial charge in [0.05, 0.1) is 9.73 Å². The number of hydrogen-bond donors (Lipinski definition) is 1. The minimum atomic E-state index is -4.94. The van der Waals surface area contributed by atoms with Crippen molar-refractivity contribution >= 4 is 21.3 Å². The van der Waals surface area contributed by atoms with Crippen molar-refractivity contribution < 1.29 is 44.8 Å². The zero-order chi connectivity index (χ0) is 26.7. The van der Waals surface area contributed by atoms with Gasteiger partial charge in [-0.2, -0.15) is 13.2 Å². The number of aromatic nitrogens is 2. The first-order chi connectivity index (χ1) is 16.7. The van der Waals surface area contributed by atoms with Gasteiger partial charge >= 0.3 is 12.5 Å². The van der Waals surface area contributed by atoms with Crippen LogP contribution in [0.1, 0.15) is 16.1 Å². The Hall–Kier alpha value is -3.88. The largest absolute Gasteiger partial charge is 0.573 e. The van der Waals surface area contributed by atoms with E-state index in [0.717, 1.165) is 24.3 Å². The summed E-state index contributed by atoms with van der Waals surface area (Å²) in [5.41, 5.74) is -2.06. The summed E-state index contributed by atoms with van der Waals surface area (Å²) >= 11 is 0. The second-order valence-corrected chi connectivity index (χ2v) is 9.48. The molecule has 1 atom stereocenters. The molecule has 1 amide bonds. The zero-order valence-corrected chi connectivity index (χ0v) is 19.2. The Balaban J connectivity index is 1.94. The van der Waals surface area contributed by atoms with Crippen LogP contribution in [0.25, 0.3) is 0 Å². The average Bonchev–Trinajstić information content (AvgIpc) is 2.79. The monoisotopic (exact) mass is 534 g/mol. The molecule has 2 aromatic carbocycles. The number of benzene rings is 2. The normalized spacial score (nSPS) is 13.4. The number of nitrogens with one attached hydrogen (secondary N) is 1. The summed E-state index contributed by atoms with van der Waals surface area (Å²) in [6.45, 7) is 0. The first kappa shape index (κ1) is 26.7. The van der Waals surface area contributed by atoms with Crippen molar-refractivity contribution in [3.05, 3.63) is 65.9 Å². The Bertz CT molecular complexity index is 1380. The summed E-state index contributed by atoms with van der Waals surface area (Å²) in [4.78, 5) is 13.1. The highest BCUT2D eigenvalue weighted by Crippen LogP contribution is 2.32. The van der Waals surface area contributed by atoms with Crippen molar-refractivity contribution in [2.75, 3.05) is 18.6 Å². The second kappa shape index (κ2) is 10.0. The molecule has 0 aliphatic rings. The number of carbonyl (C=O) groups is 1. The molecule has 0 bridgehead atoms. The van der Waals surface area contributed by atoms with Gasteiger partial charge < -0.3 is 14.8 Å². The van der Waals surface area contributed by atoms with E-state index in [4.69, 9.17) is 4.74 Å². The Labute approximate surface area is 200 Å². The molecule has 3 aromatic rings. The van der Waals surface area contributed by atoms with Gasteiger partial charge in [0.15, 0.2) is 5.69 Å². The fraction of sp³-hybridized carbons (Fsp3) is 0.190. The van der Waals surface area contributed by atoms with Crippen LogP contribution in [-0.2, 0) is 15.9 Å². The van der Waals surface area contributed by atoms with Crippen LogP contribution in [0.15, 0.2) is 63.9 Å². The van der Waals surface area contributed by atoms with Gasteiger partial charge in [-0.05, 0) is 48.5 Å². The molecule has 1 N–H and O–H groups in total. The number of halogens is 6. The van der Waals surface area contributed by atoms with E-state index in [1.54, 1.807) is 0 Å². The number of nitrogens with zero attached hydrogens (tertiary/aromatic N) is 3. The van der Waals surface area contributed by atoms with Crippen LogP contribution in [0.2, 0.25) is 0 Å². The summed E-state index contributed by atoms with van der Waals surface area (Å²) in [6, 6.07) is 9.97. The van der Waals surface area contributed by atoms with Gasteiger partial charge in [-0.3, -0.25) is 4.79 Å². The standard InChI is InChI=1S/C21H16F6N4O4S/c1-28-36(2,33)15-5-3-4-12(10-15)29-18(32)16-11-17(20(22,23)24)30-31-19(16)34-13-6-8-14(9-7-13)35-21(25,26)27/h3-11H,1-2H3,(H,29,32). The fourth-order valence-electron chi connectivity index (χ4n) is 2.69. The van der Waals surface area contributed by atoms with Crippen LogP contribution in [0.5, 0.6) is 17.4 Å². The summed E-state index contributed by atoms with van der Waals surface area (Å²) in [7, 11) is -1.42. The third kappa shape index (κ3) is 6.84. The smallest absolute Gasteiger partial charge is 0.437 e. The number of rotatable bonds is 6. The Kier molecular flexibility index (Phi) is 7.43. The maximum Gasteiger partial charge on any atom is 0.573 e. The molecule has 0 fully saturated rings. The number of anilines is 1. The lowest BCUT2D eigenvalue weighted by molar-refractivity contribution is -0.274. The van der Waals surface area contributed by atoms with Crippen LogP contribution in [0, 0.1) is 0 Å². The predicted octanol–water partition coefficient (Wildman–Crippen LogP) is 5.53. The highest BCUT2D eigenvalue weighted by Gasteiger charge is 2.35. The molecule has 1 unspecified atom stereocenters. The first-order valence-electron chi connectivity index (χ1n) is 9.68. The molecule has 1 heterocycles. The molecule has 0 spiro atoms. The fourth-order valence-corrected chi connectivity index (χ4v) is 3.58. The van der Waals surface area contributed by atoms with E-state index in [1.807, 2.05) is 0 Å². The average molecular weight is 534 g/mol. The van der Waals surface area contributed by atoms with E-state index in [0.29, 0.717) is 6.07 Å². The number of hydrogen-bond acceptors (Lipinski definition) is 7. The zero-order valence-electron chi connectivity index (χ0n) is 18.3. The molecule has 3 rings (SSSR count). The van der Waals surface area contributed by atoms with Gasteiger partial charge in [0.25, 0.3) is 11.8 Å². The van der Waals surface area contributed by atoms with Crippen LogP contribution in [0.4, 0.5) is 32.0 Å².